The molecule has 0 bridgehead atoms. The maximum absolute atomic E-state index is 2.49. The molecule has 22 heavy (non-hydrogen) atoms. The van der Waals surface area contributed by atoms with Crippen LogP contribution in [-0.2, 0) is 0 Å². The summed E-state index contributed by atoms with van der Waals surface area (Å²) in [4.78, 5) is 0. The largest absolute Gasteiger partial charge is 0.360 e. The van der Waals surface area contributed by atoms with E-state index in [1.165, 1.54) is 5.46 Å². The molecule has 1 aromatic rings. The monoisotopic (exact) mass is 290 g/mol. The van der Waals surface area contributed by atoms with Crippen molar-refractivity contribution in [2.45, 2.75) is 12.6 Å². The van der Waals surface area contributed by atoms with Crippen LogP contribution in [0.4, 0.5) is 0 Å². The van der Waals surface area contributed by atoms with E-state index < -0.39 is 0 Å². The summed E-state index contributed by atoms with van der Waals surface area (Å²) in [7, 11) is 6.68. The van der Waals surface area contributed by atoms with Crippen LogP contribution in [0.2, 0.25) is 12.6 Å². The third kappa shape index (κ3) is 2.89. The van der Waals surface area contributed by atoms with Gasteiger partial charge in [-0.3, -0.25) is 0 Å². The van der Waals surface area contributed by atoms with E-state index in [0.717, 1.165) is 0 Å². The summed E-state index contributed by atoms with van der Waals surface area (Å²) in [6.07, 6.45) is 11.0. The number of benzene rings is 1. The summed E-state index contributed by atoms with van der Waals surface area (Å²) in [5.41, 5.74) is 1.35. The van der Waals surface area contributed by atoms with E-state index in [2.05, 4.69) is 105 Å². The van der Waals surface area contributed by atoms with Gasteiger partial charge in [0.25, 0.3) is 14.0 Å². The van der Waals surface area contributed by atoms with Gasteiger partial charge in [-0.2, -0.15) is 0 Å². The molecular weight excluding hydrogens is 267 g/mol. The van der Waals surface area contributed by atoms with Gasteiger partial charge < -0.3 is 14.2 Å². The first-order valence-corrected chi connectivity index (χ1v) is 8.00. The first-order chi connectivity index (χ1) is 10.6. The summed E-state index contributed by atoms with van der Waals surface area (Å²) in [5, 5.41) is 0. The Kier molecular flexibility index (Phi) is 5.01. The molecule has 111 valence electrons. The summed E-state index contributed by atoms with van der Waals surface area (Å²) < 4.78 is 7.39. The van der Waals surface area contributed by atoms with Gasteiger partial charge in [-0.25, -0.2) is 0 Å². The molecule has 3 rings (SSSR count). The van der Waals surface area contributed by atoms with E-state index in [1.807, 2.05) is 0 Å². The minimum atomic E-state index is 0.296. The highest BCUT2D eigenvalue weighted by Crippen LogP contribution is 2.32. The fourth-order valence-corrected chi connectivity index (χ4v) is 3.78. The Morgan fingerprint density at radius 3 is 2.09 bits per heavy atom. The van der Waals surface area contributed by atoms with Gasteiger partial charge in [-0.05, 0) is 64.5 Å². The molecule has 1 heterocycles. The van der Waals surface area contributed by atoms with E-state index >= 15 is 0 Å². The maximum atomic E-state index is 2.49. The normalized spacial score (nSPS) is 23.4. The van der Waals surface area contributed by atoms with Gasteiger partial charge >= 0.3 is 6.98 Å². The van der Waals surface area contributed by atoms with Crippen LogP contribution in [0.25, 0.3) is 0 Å². The number of nitrogens with zero attached hydrogens (tertiary/aromatic N) is 3. The molecule has 0 atom stereocenters. The summed E-state index contributed by atoms with van der Waals surface area (Å²) >= 11 is 0. The van der Waals surface area contributed by atoms with E-state index in [-0.39, 0.29) is 0 Å². The Labute approximate surface area is 137 Å². The van der Waals surface area contributed by atoms with Gasteiger partial charge in [0.15, 0.2) is 0 Å². The third-order valence-electron chi connectivity index (χ3n) is 5.12. The third-order valence-corrected chi connectivity index (χ3v) is 5.12. The zero-order chi connectivity index (χ0) is 15.7. The van der Waals surface area contributed by atoms with E-state index in [0.29, 0.717) is 26.8 Å². The van der Waals surface area contributed by atoms with E-state index in [9.17, 15) is 0 Å². The van der Waals surface area contributed by atoms with Crippen molar-refractivity contribution in [3.63, 3.8) is 0 Å². The van der Waals surface area contributed by atoms with E-state index in [1.54, 1.807) is 0 Å². The van der Waals surface area contributed by atoms with Crippen LogP contribution >= 0.6 is 0 Å². The molecular formula is C16H23B3N3. The van der Waals surface area contributed by atoms with Crippen molar-refractivity contribution in [1.29, 1.82) is 0 Å². The molecule has 1 aromatic carbocycles. The van der Waals surface area contributed by atoms with Gasteiger partial charge in [0.05, 0.1) is 0 Å². The molecule has 5 radical (unpaired) electrons. The highest BCUT2D eigenvalue weighted by molar-refractivity contribution is 6.91. The topological polar surface area (TPSA) is 9.72 Å². The van der Waals surface area contributed by atoms with Gasteiger partial charge in [0, 0.05) is 0 Å². The zero-order valence-corrected chi connectivity index (χ0v) is 13.9. The highest BCUT2D eigenvalue weighted by Gasteiger charge is 2.49. The predicted octanol–water partition coefficient (Wildman–Crippen LogP) is 1.20. The van der Waals surface area contributed by atoms with E-state index in [4.69, 9.17) is 0 Å². The molecule has 1 saturated carbocycles. The lowest BCUT2D eigenvalue weighted by atomic mass is 9.38. The number of rotatable bonds is 2. The lowest BCUT2D eigenvalue weighted by molar-refractivity contribution is 0.534. The average Bonchev–Trinajstić information content (AvgIpc) is 2.55. The maximum Gasteiger partial charge on any atom is 0.325 e. The number of hydrogen-bond donors (Lipinski definition) is 0. The van der Waals surface area contributed by atoms with Crippen LogP contribution in [-0.4, -0.2) is 56.3 Å². The molecule has 0 unspecified atom stereocenters. The molecule has 2 aliphatic rings. The van der Waals surface area contributed by atoms with Gasteiger partial charge in [-0.15, -0.1) is 0 Å². The highest BCUT2D eigenvalue weighted by atomic mass is 15.3. The molecule has 1 aliphatic carbocycles. The van der Waals surface area contributed by atoms with Crippen LogP contribution in [0.5, 0.6) is 0 Å². The lowest BCUT2D eigenvalue weighted by Gasteiger charge is -2.52. The fourth-order valence-electron chi connectivity index (χ4n) is 3.78. The second-order valence-corrected chi connectivity index (χ2v) is 6.37. The van der Waals surface area contributed by atoms with Crippen molar-refractivity contribution >= 4 is 26.4 Å². The molecule has 0 spiro atoms. The van der Waals surface area contributed by atoms with Crippen molar-refractivity contribution in [1.82, 2.24) is 14.2 Å². The Bertz CT molecular complexity index is 479. The minimum absolute atomic E-state index is 0.296. The van der Waals surface area contributed by atoms with Crippen LogP contribution in [0, 0.1) is 32.1 Å². The van der Waals surface area contributed by atoms with Gasteiger partial charge in [0.1, 0.15) is 0 Å². The number of hydrogen-bond acceptors (Lipinski definition) is 3. The van der Waals surface area contributed by atoms with Crippen molar-refractivity contribution < 1.29 is 0 Å². The van der Waals surface area contributed by atoms with Crippen LogP contribution < -0.4 is 5.46 Å². The van der Waals surface area contributed by atoms with Crippen molar-refractivity contribution in [2.24, 2.45) is 0 Å². The minimum Gasteiger partial charge on any atom is -0.360 e. The first-order valence-electron chi connectivity index (χ1n) is 8.00. The molecule has 0 aromatic heterocycles. The van der Waals surface area contributed by atoms with Gasteiger partial charge in [-0.1, -0.05) is 37.2 Å². The Balaban J connectivity index is 1.90. The van der Waals surface area contributed by atoms with Crippen LogP contribution in [0.1, 0.15) is 0 Å². The van der Waals surface area contributed by atoms with Crippen molar-refractivity contribution in [3.8, 4) is 0 Å². The summed E-state index contributed by atoms with van der Waals surface area (Å²) in [6.45, 7) is 3.33. The lowest BCUT2D eigenvalue weighted by Crippen LogP contribution is -2.78. The smallest absolute Gasteiger partial charge is 0.325 e. The second-order valence-electron chi connectivity index (χ2n) is 6.37. The molecule has 6 heteroatoms. The SMILES string of the molecule is CB1N(C)B(c2ccccc2)N(C)B(C2[CH][CH][CH][CH][CH]2)N1C. The molecule has 2 fully saturated rings. The zero-order valence-electron chi connectivity index (χ0n) is 13.9. The first kappa shape index (κ1) is 16.2. The Hall–Kier alpha value is -0.705. The van der Waals surface area contributed by atoms with Crippen molar-refractivity contribution in [2.75, 3.05) is 21.1 Å². The molecule has 1 aliphatic heterocycles. The summed E-state index contributed by atoms with van der Waals surface area (Å²) in [6, 6.07) is 10.8. The predicted molar refractivity (Wildman–Crippen MR) is 97.7 cm³/mol. The summed E-state index contributed by atoms with van der Waals surface area (Å²) in [5.74, 6) is 0.419. The van der Waals surface area contributed by atoms with Crippen LogP contribution in [0.15, 0.2) is 30.3 Å². The second kappa shape index (κ2) is 6.82. The van der Waals surface area contributed by atoms with Crippen molar-refractivity contribution in [3.05, 3.63) is 62.4 Å². The van der Waals surface area contributed by atoms with Crippen LogP contribution in [0.3, 0.4) is 0 Å². The molecule has 0 N–H and O–H groups in total. The quantitative estimate of drug-likeness (QED) is 0.758. The Morgan fingerprint density at radius 2 is 1.45 bits per heavy atom. The molecule has 0 amide bonds. The molecule has 3 nitrogen and oxygen atoms in total. The Morgan fingerprint density at radius 1 is 0.818 bits per heavy atom. The standard InChI is InChI=1S/C16H23B3N3/c1-17-20(2)18(15-11-7-5-8-12-15)22(4)19(21(17)3)16-13-9-6-10-14-16/h5-15H,1-4H3. The average molecular weight is 290 g/mol. The molecule has 1 saturated heterocycles. The fraction of sp³-hybridized carbons (Fsp3) is 0.312. The van der Waals surface area contributed by atoms with Gasteiger partial charge in [0.2, 0.25) is 0 Å².